The maximum atomic E-state index is 12.6. The lowest BCUT2D eigenvalue weighted by atomic mass is 9.99. The number of aryl methyl sites for hydroxylation is 2. The van der Waals surface area contributed by atoms with E-state index in [2.05, 4.69) is 15.4 Å². The Bertz CT molecular complexity index is 1330. The molecule has 0 aliphatic carbocycles. The summed E-state index contributed by atoms with van der Waals surface area (Å²) in [6.07, 6.45) is 0.204. The first-order chi connectivity index (χ1) is 15.0. The molecule has 3 aromatic heterocycles. The van der Waals surface area contributed by atoms with Crippen molar-refractivity contribution in [3.8, 4) is 5.82 Å². The Balaban J connectivity index is 1.23. The first kappa shape index (κ1) is 19.2. The molecule has 0 spiro atoms. The zero-order valence-corrected chi connectivity index (χ0v) is 17.4. The van der Waals surface area contributed by atoms with E-state index in [0.29, 0.717) is 36.7 Å². The number of carbonyl (C=O) groups excluding carboxylic acids is 1. The fourth-order valence-electron chi connectivity index (χ4n) is 4.00. The summed E-state index contributed by atoms with van der Waals surface area (Å²) in [7, 11) is 0. The van der Waals surface area contributed by atoms with E-state index in [0.717, 1.165) is 16.8 Å². The van der Waals surface area contributed by atoms with Crippen molar-refractivity contribution in [1.29, 1.82) is 0 Å². The summed E-state index contributed by atoms with van der Waals surface area (Å²) in [5.74, 6) is 0.793. The molecule has 1 amide bonds. The summed E-state index contributed by atoms with van der Waals surface area (Å²) in [5, 5.41) is 13.8. The van der Waals surface area contributed by atoms with E-state index in [9.17, 15) is 9.59 Å². The van der Waals surface area contributed by atoms with Crippen LogP contribution in [-0.2, 0) is 17.8 Å². The fourth-order valence-corrected chi connectivity index (χ4v) is 4.00. The Kier molecular flexibility index (Phi) is 4.65. The van der Waals surface area contributed by atoms with Gasteiger partial charge in [0, 0.05) is 36.2 Å². The Morgan fingerprint density at radius 1 is 1.13 bits per heavy atom. The Hall–Kier alpha value is -3.75. The van der Waals surface area contributed by atoms with Crippen molar-refractivity contribution in [2.24, 2.45) is 5.92 Å². The minimum Gasteiger partial charge on any atom is -0.356 e. The molecule has 4 heterocycles. The monoisotopic (exact) mass is 418 g/mol. The van der Waals surface area contributed by atoms with Crippen LogP contribution in [0.1, 0.15) is 17.1 Å². The van der Waals surface area contributed by atoms with E-state index in [1.54, 1.807) is 15.6 Å². The highest BCUT2D eigenvalue weighted by molar-refractivity contribution is 5.86. The molecule has 1 saturated heterocycles. The molecule has 0 bridgehead atoms. The summed E-state index contributed by atoms with van der Waals surface area (Å²) in [6, 6.07) is 12.7. The van der Waals surface area contributed by atoms with Crippen molar-refractivity contribution in [2.45, 2.75) is 26.8 Å². The highest BCUT2D eigenvalue weighted by atomic mass is 16.5. The summed E-state index contributed by atoms with van der Waals surface area (Å²) in [6.45, 7) is 5.51. The first-order valence-corrected chi connectivity index (χ1v) is 10.2. The molecule has 31 heavy (non-hydrogen) atoms. The van der Waals surface area contributed by atoms with Gasteiger partial charge in [-0.25, -0.2) is 9.36 Å². The minimum absolute atomic E-state index is 0.00648. The van der Waals surface area contributed by atoms with Crippen LogP contribution in [0.15, 0.2) is 51.8 Å². The van der Waals surface area contributed by atoms with Gasteiger partial charge in [-0.1, -0.05) is 17.3 Å². The smallest absolute Gasteiger partial charge is 0.266 e. The first-order valence-electron chi connectivity index (χ1n) is 10.2. The van der Waals surface area contributed by atoms with Crippen LogP contribution in [0.3, 0.4) is 0 Å². The summed E-state index contributed by atoms with van der Waals surface area (Å²) >= 11 is 0. The molecular weight excluding hydrogens is 396 g/mol. The van der Waals surface area contributed by atoms with E-state index in [1.165, 1.54) is 10.7 Å². The Morgan fingerprint density at radius 2 is 1.94 bits per heavy atom. The molecule has 158 valence electrons. The Morgan fingerprint density at radius 3 is 2.71 bits per heavy atom. The average molecular weight is 418 g/mol. The van der Waals surface area contributed by atoms with Gasteiger partial charge in [0.15, 0.2) is 11.4 Å². The van der Waals surface area contributed by atoms with Crippen LogP contribution in [-0.4, -0.2) is 48.6 Å². The van der Waals surface area contributed by atoms with Gasteiger partial charge in [0.1, 0.15) is 5.69 Å². The average Bonchev–Trinajstić information content (AvgIpc) is 3.28. The van der Waals surface area contributed by atoms with Crippen LogP contribution in [0.25, 0.3) is 16.8 Å². The van der Waals surface area contributed by atoms with Crippen molar-refractivity contribution < 1.29 is 9.32 Å². The highest BCUT2D eigenvalue weighted by Crippen LogP contribution is 2.22. The minimum atomic E-state index is -0.163. The summed E-state index contributed by atoms with van der Waals surface area (Å²) in [4.78, 5) is 26.7. The number of nitrogens with zero attached hydrogens (tertiary/aromatic N) is 6. The molecule has 1 aromatic carbocycles. The normalized spacial score (nSPS) is 14.2. The second kappa shape index (κ2) is 7.50. The number of likely N-dealkylation sites (tertiary alicyclic amines) is 1. The molecule has 1 aliphatic heterocycles. The summed E-state index contributed by atoms with van der Waals surface area (Å²) < 4.78 is 8.47. The molecule has 0 N–H and O–H groups in total. The molecule has 0 saturated carbocycles. The van der Waals surface area contributed by atoms with Crippen molar-refractivity contribution >= 4 is 16.9 Å². The van der Waals surface area contributed by atoms with Gasteiger partial charge < -0.3 is 9.42 Å². The quantitative estimate of drug-likeness (QED) is 0.491. The third-order valence-electron chi connectivity index (χ3n) is 5.59. The molecule has 0 unspecified atom stereocenters. The van der Waals surface area contributed by atoms with Gasteiger partial charge in [0.2, 0.25) is 5.91 Å². The number of benzene rings is 1. The number of hydrogen-bond acceptors (Lipinski definition) is 6. The lowest BCUT2D eigenvalue weighted by Crippen LogP contribution is -2.52. The van der Waals surface area contributed by atoms with Crippen LogP contribution >= 0.6 is 0 Å². The molecule has 9 heteroatoms. The highest BCUT2D eigenvalue weighted by Gasteiger charge is 2.32. The molecular formula is C22H22N6O3. The number of amides is 1. The number of fused-ring (bicyclic) bond motifs is 1. The van der Waals surface area contributed by atoms with Gasteiger partial charge in [0.05, 0.1) is 18.7 Å². The van der Waals surface area contributed by atoms with Gasteiger partial charge in [-0.3, -0.25) is 9.59 Å². The second-order valence-corrected chi connectivity index (χ2v) is 8.02. The number of carbonyl (C=O) groups is 1. The fraction of sp³-hybridized carbons (Fsp3) is 0.318. The van der Waals surface area contributed by atoms with Crippen molar-refractivity contribution in [1.82, 2.24) is 29.6 Å². The van der Waals surface area contributed by atoms with Crippen LogP contribution < -0.4 is 5.56 Å². The molecule has 1 aliphatic rings. The van der Waals surface area contributed by atoms with E-state index >= 15 is 0 Å². The van der Waals surface area contributed by atoms with Gasteiger partial charge in [0.25, 0.3) is 5.56 Å². The SMILES string of the molecule is Cc1cc(C)n(-c2ccc(=O)n(CC3CN(C(=O)Cc4noc5ccccc45)C3)n2)n1. The molecule has 0 atom stereocenters. The van der Waals surface area contributed by atoms with Crippen LogP contribution in [0.4, 0.5) is 0 Å². The predicted molar refractivity (Wildman–Crippen MR) is 113 cm³/mol. The summed E-state index contributed by atoms with van der Waals surface area (Å²) in [5.41, 5.74) is 3.02. The van der Waals surface area contributed by atoms with Gasteiger partial charge in [-0.2, -0.15) is 5.10 Å². The molecule has 0 radical (unpaired) electrons. The molecule has 9 nitrogen and oxygen atoms in total. The second-order valence-electron chi connectivity index (χ2n) is 8.02. The van der Waals surface area contributed by atoms with Crippen molar-refractivity contribution in [2.75, 3.05) is 13.1 Å². The third kappa shape index (κ3) is 3.63. The third-order valence-corrected chi connectivity index (χ3v) is 5.59. The molecule has 4 aromatic rings. The topological polar surface area (TPSA) is 99.1 Å². The number of para-hydroxylation sites is 1. The van der Waals surface area contributed by atoms with Crippen molar-refractivity contribution in [3.05, 3.63) is 69.9 Å². The largest absolute Gasteiger partial charge is 0.356 e. The van der Waals surface area contributed by atoms with E-state index in [-0.39, 0.29) is 23.8 Å². The Labute approximate surface area is 177 Å². The maximum Gasteiger partial charge on any atom is 0.266 e. The predicted octanol–water partition coefficient (Wildman–Crippen LogP) is 1.89. The standard InChI is InChI=1S/C22H22N6O3/c1-14-9-15(2)28(23-14)20-7-8-21(29)27(24-20)13-16-11-26(12-16)22(30)10-18-17-5-3-4-6-19(17)31-25-18/h3-9,16H,10-13H2,1-2H3. The maximum absolute atomic E-state index is 12.6. The van der Waals surface area contributed by atoms with Gasteiger partial charge in [-0.15, -0.1) is 5.10 Å². The number of hydrogen-bond donors (Lipinski definition) is 0. The number of rotatable bonds is 5. The zero-order chi connectivity index (χ0) is 21.5. The molecule has 1 fully saturated rings. The van der Waals surface area contributed by atoms with Crippen LogP contribution in [0, 0.1) is 19.8 Å². The van der Waals surface area contributed by atoms with E-state index in [4.69, 9.17) is 4.52 Å². The van der Waals surface area contributed by atoms with Gasteiger partial charge >= 0.3 is 0 Å². The van der Waals surface area contributed by atoms with Gasteiger partial charge in [-0.05, 0) is 38.1 Å². The van der Waals surface area contributed by atoms with Crippen LogP contribution in [0.5, 0.6) is 0 Å². The van der Waals surface area contributed by atoms with E-state index < -0.39 is 0 Å². The lowest BCUT2D eigenvalue weighted by Gasteiger charge is -2.39. The lowest BCUT2D eigenvalue weighted by molar-refractivity contribution is -0.137. The van der Waals surface area contributed by atoms with E-state index in [1.807, 2.05) is 44.2 Å². The zero-order valence-electron chi connectivity index (χ0n) is 17.4. The number of aromatic nitrogens is 5. The van der Waals surface area contributed by atoms with Crippen LogP contribution in [0.2, 0.25) is 0 Å². The van der Waals surface area contributed by atoms with Crippen molar-refractivity contribution in [3.63, 3.8) is 0 Å². The molecule has 5 rings (SSSR count).